The van der Waals surface area contributed by atoms with Crippen LogP contribution >= 0.6 is 11.8 Å². The second-order valence-electron chi connectivity index (χ2n) is 5.48. The zero-order valence-corrected chi connectivity index (χ0v) is 13.9. The minimum atomic E-state index is -0.847. The Morgan fingerprint density at radius 1 is 1.29 bits per heavy atom. The summed E-state index contributed by atoms with van der Waals surface area (Å²) < 4.78 is 0. The number of carboxylic acid groups (broad SMARTS) is 1. The van der Waals surface area contributed by atoms with Crippen molar-refractivity contribution in [3.63, 3.8) is 0 Å². The molecule has 1 rings (SSSR count). The van der Waals surface area contributed by atoms with Crippen LogP contribution in [0.3, 0.4) is 0 Å². The molecule has 0 aromatic heterocycles. The summed E-state index contributed by atoms with van der Waals surface area (Å²) in [7, 11) is 0. The fraction of sp³-hybridized carbons (Fsp3) is 0.588. The molecule has 0 aliphatic carbocycles. The molecule has 0 aliphatic rings. The molecule has 4 heteroatoms. The first-order chi connectivity index (χ1) is 10.1. The van der Waals surface area contributed by atoms with Crippen molar-refractivity contribution in [2.24, 2.45) is 5.92 Å². The molecule has 0 saturated carbocycles. The summed E-state index contributed by atoms with van der Waals surface area (Å²) in [6.07, 6.45) is 5.14. The molecule has 3 nitrogen and oxygen atoms in total. The van der Waals surface area contributed by atoms with Gasteiger partial charge in [-0.05, 0) is 37.6 Å². The molecule has 1 atom stereocenters. The molecule has 0 heterocycles. The van der Waals surface area contributed by atoms with Crippen LogP contribution in [0.4, 0.5) is 0 Å². The summed E-state index contributed by atoms with van der Waals surface area (Å²) >= 11 is 1.63. The summed E-state index contributed by atoms with van der Waals surface area (Å²) in [6.45, 7) is 6.51. The number of nitrogens with one attached hydrogen (secondary N) is 1. The molecular weight excluding hydrogens is 282 g/mol. The number of hydrogen-bond acceptors (Lipinski definition) is 3. The molecule has 0 bridgehead atoms. The Kier molecular flexibility index (Phi) is 9.19. The lowest BCUT2D eigenvalue weighted by molar-refractivity contribution is 0.0693. The van der Waals surface area contributed by atoms with Crippen LogP contribution < -0.4 is 5.32 Å². The molecule has 1 aromatic carbocycles. The van der Waals surface area contributed by atoms with E-state index in [-0.39, 0.29) is 0 Å². The third-order valence-corrected chi connectivity index (χ3v) is 4.74. The Morgan fingerprint density at radius 3 is 2.76 bits per heavy atom. The van der Waals surface area contributed by atoms with Crippen molar-refractivity contribution >= 4 is 17.7 Å². The van der Waals surface area contributed by atoms with Gasteiger partial charge in [0.05, 0.1) is 5.56 Å². The van der Waals surface area contributed by atoms with Crippen LogP contribution in [-0.2, 0) is 0 Å². The van der Waals surface area contributed by atoms with Crippen LogP contribution in [0.5, 0.6) is 0 Å². The van der Waals surface area contributed by atoms with Gasteiger partial charge in [0.25, 0.3) is 0 Å². The number of benzene rings is 1. The van der Waals surface area contributed by atoms with E-state index in [9.17, 15) is 4.79 Å². The molecule has 118 valence electrons. The molecule has 0 amide bonds. The first-order valence-electron chi connectivity index (χ1n) is 7.81. The zero-order valence-electron chi connectivity index (χ0n) is 13.1. The van der Waals surface area contributed by atoms with Gasteiger partial charge in [0.2, 0.25) is 0 Å². The van der Waals surface area contributed by atoms with Gasteiger partial charge in [0.15, 0.2) is 0 Å². The molecule has 2 N–H and O–H groups in total. The number of rotatable bonds is 11. The number of aromatic carboxylic acids is 1. The number of carboxylic acids is 1. The highest BCUT2D eigenvalue weighted by Crippen LogP contribution is 2.24. The van der Waals surface area contributed by atoms with E-state index in [0.29, 0.717) is 11.5 Å². The van der Waals surface area contributed by atoms with Gasteiger partial charge < -0.3 is 10.4 Å². The first-order valence-corrected chi connectivity index (χ1v) is 8.79. The van der Waals surface area contributed by atoms with Crippen molar-refractivity contribution in [3.8, 4) is 0 Å². The predicted octanol–water partition coefficient (Wildman–Crippen LogP) is 4.28. The monoisotopic (exact) mass is 309 g/mol. The van der Waals surface area contributed by atoms with Gasteiger partial charge in [-0.15, -0.1) is 11.8 Å². The van der Waals surface area contributed by atoms with E-state index >= 15 is 0 Å². The Balaban J connectivity index is 2.24. The van der Waals surface area contributed by atoms with Crippen LogP contribution in [0.25, 0.3) is 0 Å². The highest BCUT2D eigenvalue weighted by atomic mass is 32.2. The number of thioether (sulfide) groups is 1. The second kappa shape index (κ2) is 10.7. The molecule has 21 heavy (non-hydrogen) atoms. The minimum absolute atomic E-state index is 0.405. The van der Waals surface area contributed by atoms with E-state index in [4.69, 9.17) is 5.11 Å². The van der Waals surface area contributed by atoms with Gasteiger partial charge in [-0.25, -0.2) is 4.79 Å². The highest BCUT2D eigenvalue weighted by molar-refractivity contribution is 7.99. The maximum Gasteiger partial charge on any atom is 0.336 e. The third kappa shape index (κ3) is 7.53. The highest BCUT2D eigenvalue weighted by Gasteiger charge is 2.10. The molecule has 0 saturated heterocycles. The summed E-state index contributed by atoms with van der Waals surface area (Å²) in [6, 6.07) is 7.22. The van der Waals surface area contributed by atoms with E-state index in [1.165, 1.54) is 25.7 Å². The lowest BCUT2D eigenvalue weighted by Crippen LogP contribution is -2.23. The van der Waals surface area contributed by atoms with Crippen LogP contribution in [0, 0.1) is 5.92 Å². The summed E-state index contributed by atoms with van der Waals surface area (Å²) in [4.78, 5) is 12.0. The van der Waals surface area contributed by atoms with Crippen LogP contribution in [0.2, 0.25) is 0 Å². The van der Waals surface area contributed by atoms with E-state index in [1.807, 2.05) is 12.1 Å². The maximum atomic E-state index is 11.1. The SMILES string of the molecule is CCCCCCNC[C@@H](C)CSc1ccccc1C(=O)O. The average molecular weight is 309 g/mol. The normalized spacial score (nSPS) is 12.3. The molecule has 0 spiro atoms. The lowest BCUT2D eigenvalue weighted by atomic mass is 10.2. The second-order valence-corrected chi connectivity index (χ2v) is 6.54. The minimum Gasteiger partial charge on any atom is -0.478 e. The predicted molar refractivity (Wildman–Crippen MR) is 90.3 cm³/mol. The Bertz CT molecular complexity index is 423. The number of unbranched alkanes of at least 4 members (excludes halogenated alkanes) is 3. The molecule has 0 radical (unpaired) electrons. The zero-order chi connectivity index (χ0) is 15.5. The molecule has 1 aromatic rings. The lowest BCUT2D eigenvalue weighted by Gasteiger charge is -2.13. The summed E-state index contributed by atoms with van der Waals surface area (Å²) in [5.74, 6) is 0.620. The summed E-state index contributed by atoms with van der Waals surface area (Å²) in [5, 5.41) is 12.6. The van der Waals surface area contributed by atoms with E-state index in [2.05, 4.69) is 19.2 Å². The van der Waals surface area contributed by atoms with Gasteiger partial charge in [0, 0.05) is 10.6 Å². The van der Waals surface area contributed by atoms with Crippen molar-refractivity contribution in [1.82, 2.24) is 5.32 Å². The van der Waals surface area contributed by atoms with Crippen molar-refractivity contribution < 1.29 is 9.90 Å². The number of carbonyl (C=O) groups is 1. The van der Waals surface area contributed by atoms with Crippen molar-refractivity contribution in [1.29, 1.82) is 0 Å². The van der Waals surface area contributed by atoms with Crippen LogP contribution in [0.15, 0.2) is 29.2 Å². The van der Waals surface area contributed by atoms with Gasteiger partial charge >= 0.3 is 5.97 Å². The Hall–Kier alpha value is -1.00. The van der Waals surface area contributed by atoms with Crippen LogP contribution in [0.1, 0.15) is 49.9 Å². The van der Waals surface area contributed by atoms with Gasteiger partial charge in [-0.2, -0.15) is 0 Å². The largest absolute Gasteiger partial charge is 0.478 e. The fourth-order valence-electron chi connectivity index (χ4n) is 2.09. The van der Waals surface area contributed by atoms with Crippen molar-refractivity contribution in [3.05, 3.63) is 29.8 Å². The van der Waals surface area contributed by atoms with Gasteiger partial charge in [0.1, 0.15) is 0 Å². The van der Waals surface area contributed by atoms with Crippen molar-refractivity contribution in [2.75, 3.05) is 18.8 Å². The van der Waals surface area contributed by atoms with Gasteiger partial charge in [-0.1, -0.05) is 45.2 Å². The smallest absolute Gasteiger partial charge is 0.336 e. The quantitative estimate of drug-likeness (QED) is 0.473. The standard InChI is InChI=1S/C17H27NO2S/c1-3-4-5-8-11-18-12-14(2)13-21-16-10-7-6-9-15(16)17(19)20/h6-7,9-10,14,18H,3-5,8,11-13H2,1-2H3,(H,19,20)/t14-/m1/s1. The third-order valence-electron chi connectivity index (χ3n) is 3.34. The topological polar surface area (TPSA) is 49.3 Å². The number of hydrogen-bond donors (Lipinski definition) is 2. The van der Waals surface area contributed by atoms with Gasteiger partial charge in [-0.3, -0.25) is 0 Å². The maximum absolute atomic E-state index is 11.1. The molecule has 0 unspecified atom stereocenters. The molecule has 0 aliphatic heterocycles. The Morgan fingerprint density at radius 2 is 2.05 bits per heavy atom. The first kappa shape index (κ1) is 18.1. The molecule has 0 fully saturated rings. The van der Waals surface area contributed by atoms with E-state index in [0.717, 1.165) is 23.7 Å². The Labute approximate surface area is 132 Å². The molecular formula is C17H27NO2S. The average Bonchev–Trinajstić information content (AvgIpc) is 2.49. The van der Waals surface area contributed by atoms with E-state index < -0.39 is 5.97 Å². The fourth-order valence-corrected chi connectivity index (χ4v) is 3.15. The van der Waals surface area contributed by atoms with Crippen LogP contribution in [-0.4, -0.2) is 29.9 Å². The van der Waals surface area contributed by atoms with Crippen molar-refractivity contribution in [2.45, 2.75) is 44.4 Å². The van der Waals surface area contributed by atoms with E-state index in [1.54, 1.807) is 23.9 Å². The summed E-state index contributed by atoms with van der Waals surface area (Å²) in [5.41, 5.74) is 0.405.